The van der Waals surface area contributed by atoms with E-state index in [1.807, 2.05) is 45.0 Å². The van der Waals surface area contributed by atoms with E-state index in [9.17, 15) is 24.9 Å². The summed E-state index contributed by atoms with van der Waals surface area (Å²) in [7, 11) is 1.23. The van der Waals surface area contributed by atoms with Gasteiger partial charge in [0.25, 0.3) is 5.91 Å². The van der Waals surface area contributed by atoms with E-state index in [1.54, 1.807) is 22.7 Å². The van der Waals surface area contributed by atoms with Crippen LogP contribution >= 0.6 is 11.8 Å². The monoisotopic (exact) mass is 552 g/mol. The van der Waals surface area contributed by atoms with Crippen LogP contribution in [0.1, 0.15) is 46.1 Å². The van der Waals surface area contributed by atoms with Crippen molar-refractivity contribution in [2.24, 2.45) is 5.41 Å². The number of aliphatic hydroxyl groups is 3. The highest BCUT2D eigenvalue weighted by Gasteiger charge is 2.38. The number of amides is 2. The van der Waals surface area contributed by atoms with Gasteiger partial charge >= 0.3 is 0 Å². The SMILES string of the molecule is CCCCOc1ccc(CN2CCSCC(NC(=O)[C@H](OC)[C@H](O)[C@@H](O)[C@H](O)C=CC(C)(C)C)C2=O)cc1. The van der Waals surface area contributed by atoms with Gasteiger partial charge in [-0.1, -0.05) is 58.4 Å². The van der Waals surface area contributed by atoms with Gasteiger partial charge in [-0.05, 0) is 29.5 Å². The fourth-order valence-electron chi connectivity index (χ4n) is 3.82. The zero-order valence-electron chi connectivity index (χ0n) is 23.1. The first-order chi connectivity index (χ1) is 18.0. The zero-order chi connectivity index (χ0) is 28.3. The quantitative estimate of drug-likeness (QED) is 0.216. The number of thioether (sulfide) groups is 1. The molecular weight excluding hydrogens is 508 g/mol. The van der Waals surface area contributed by atoms with Crippen molar-refractivity contribution in [3.8, 4) is 5.75 Å². The molecule has 0 saturated carbocycles. The van der Waals surface area contributed by atoms with E-state index in [2.05, 4.69) is 12.2 Å². The number of benzene rings is 1. The lowest BCUT2D eigenvalue weighted by atomic mass is 9.94. The van der Waals surface area contributed by atoms with E-state index in [-0.39, 0.29) is 11.3 Å². The van der Waals surface area contributed by atoms with Gasteiger partial charge in [0.1, 0.15) is 30.1 Å². The van der Waals surface area contributed by atoms with Gasteiger partial charge in [-0.15, -0.1) is 0 Å². The highest BCUT2D eigenvalue weighted by Crippen LogP contribution is 2.20. The number of unbranched alkanes of at least 4 members (excludes halogenated alkanes) is 1. The smallest absolute Gasteiger partial charge is 0.252 e. The minimum absolute atomic E-state index is 0.232. The van der Waals surface area contributed by atoms with Gasteiger partial charge < -0.3 is 35.0 Å². The van der Waals surface area contributed by atoms with Gasteiger partial charge in [-0.25, -0.2) is 0 Å². The van der Waals surface area contributed by atoms with Gasteiger partial charge in [0.2, 0.25) is 5.91 Å². The molecule has 2 rings (SSSR count). The normalized spacial score (nSPS) is 20.1. The second-order valence-electron chi connectivity index (χ2n) is 10.6. The Labute approximate surface area is 230 Å². The topological polar surface area (TPSA) is 129 Å². The van der Waals surface area contributed by atoms with Crippen molar-refractivity contribution in [3.63, 3.8) is 0 Å². The summed E-state index contributed by atoms with van der Waals surface area (Å²) in [6.45, 7) is 9.47. The van der Waals surface area contributed by atoms with Crippen LogP contribution in [0.3, 0.4) is 0 Å². The first-order valence-electron chi connectivity index (χ1n) is 13.1. The Morgan fingerprint density at radius 1 is 1.21 bits per heavy atom. The Morgan fingerprint density at radius 3 is 2.50 bits per heavy atom. The molecule has 9 nitrogen and oxygen atoms in total. The number of aliphatic hydroxyl groups excluding tert-OH is 3. The van der Waals surface area contributed by atoms with Gasteiger partial charge in [-0.2, -0.15) is 11.8 Å². The number of ether oxygens (including phenoxy) is 2. The molecule has 4 N–H and O–H groups in total. The zero-order valence-corrected chi connectivity index (χ0v) is 23.9. The van der Waals surface area contributed by atoms with Crippen molar-refractivity contribution in [3.05, 3.63) is 42.0 Å². The van der Waals surface area contributed by atoms with Crippen molar-refractivity contribution in [1.29, 1.82) is 0 Å². The summed E-state index contributed by atoms with van der Waals surface area (Å²) >= 11 is 1.55. The number of nitrogens with zero attached hydrogens (tertiary/aromatic N) is 1. The Kier molecular flexibility index (Phi) is 13.1. The molecule has 10 heteroatoms. The molecule has 1 aromatic rings. The van der Waals surface area contributed by atoms with Gasteiger partial charge in [0, 0.05) is 31.7 Å². The Hall–Kier alpha value is -2.11. The molecule has 0 spiro atoms. The summed E-state index contributed by atoms with van der Waals surface area (Å²) in [6.07, 6.45) is -1.10. The summed E-state index contributed by atoms with van der Waals surface area (Å²) < 4.78 is 10.9. The molecule has 1 heterocycles. The maximum Gasteiger partial charge on any atom is 0.252 e. The van der Waals surface area contributed by atoms with E-state index < -0.39 is 36.4 Å². The Morgan fingerprint density at radius 2 is 1.89 bits per heavy atom. The maximum atomic E-state index is 13.3. The number of methoxy groups -OCH3 is 1. The average Bonchev–Trinajstić information content (AvgIpc) is 3.04. The minimum atomic E-state index is -1.71. The molecule has 1 fully saturated rings. The number of allylic oxidation sites excluding steroid dienone is 1. The van der Waals surface area contributed by atoms with Crippen LogP contribution < -0.4 is 10.1 Å². The summed E-state index contributed by atoms with van der Waals surface area (Å²) in [4.78, 5) is 28.0. The first kappa shape index (κ1) is 32.1. The molecule has 5 atom stereocenters. The summed E-state index contributed by atoms with van der Waals surface area (Å²) in [5, 5.41) is 34.0. The second kappa shape index (κ2) is 15.5. The fraction of sp³-hybridized carbons (Fsp3) is 0.643. The van der Waals surface area contributed by atoms with Crippen LogP contribution in [0, 0.1) is 5.41 Å². The number of carbonyl (C=O) groups excluding carboxylic acids is 2. The molecule has 2 amide bonds. The van der Waals surface area contributed by atoms with Crippen molar-refractivity contribution in [2.45, 2.75) is 77.5 Å². The Balaban J connectivity index is 2.02. The first-order valence-corrected chi connectivity index (χ1v) is 14.3. The van der Waals surface area contributed by atoms with Gasteiger partial charge in [0.05, 0.1) is 6.61 Å². The van der Waals surface area contributed by atoms with Crippen LogP contribution in [0.4, 0.5) is 0 Å². The molecule has 1 aliphatic heterocycles. The third-order valence-electron chi connectivity index (χ3n) is 6.10. The Bertz CT molecular complexity index is 903. The molecule has 1 saturated heterocycles. The molecule has 1 aliphatic rings. The van der Waals surface area contributed by atoms with Crippen molar-refractivity contribution >= 4 is 23.6 Å². The molecule has 0 radical (unpaired) electrons. The van der Waals surface area contributed by atoms with E-state index in [1.165, 1.54) is 13.2 Å². The molecule has 214 valence electrons. The summed E-state index contributed by atoms with van der Waals surface area (Å²) in [6, 6.07) is 6.82. The van der Waals surface area contributed by atoms with E-state index in [4.69, 9.17) is 9.47 Å². The lowest BCUT2D eigenvalue weighted by Gasteiger charge is -2.29. The molecule has 0 aromatic heterocycles. The second-order valence-corrected chi connectivity index (χ2v) is 11.7. The van der Waals surface area contributed by atoms with E-state index >= 15 is 0 Å². The summed E-state index contributed by atoms with van der Waals surface area (Å²) in [5.74, 6) is 0.912. The minimum Gasteiger partial charge on any atom is -0.494 e. The highest BCUT2D eigenvalue weighted by atomic mass is 32.2. The van der Waals surface area contributed by atoms with Crippen molar-refractivity contribution < 1.29 is 34.4 Å². The van der Waals surface area contributed by atoms with Gasteiger partial charge in [-0.3, -0.25) is 9.59 Å². The third kappa shape index (κ3) is 10.2. The van der Waals surface area contributed by atoms with Gasteiger partial charge in [0.15, 0.2) is 6.10 Å². The molecule has 1 aromatic carbocycles. The van der Waals surface area contributed by atoms with E-state index in [0.29, 0.717) is 25.4 Å². The number of nitrogens with one attached hydrogen (secondary N) is 1. The van der Waals surface area contributed by atoms with E-state index in [0.717, 1.165) is 29.9 Å². The summed E-state index contributed by atoms with van der Waals surface area (Å²) in [5.41, 5.74) is 0.709. The third-order valence-corrected chi connectivity index (χ3v) is 7.14. The van der Waals surface area contributed by atoms with Crippen molar-refractivity contribution in [2.75, 3.05) is 31.8 Å². The van der Waals surface area contributed by atoms with Crippen LogP contribution in [0.2, 0.25) is 0 Å². The lowest BCUT2D eigenvalue weighted by molar-refractivity contribution is -0.151. The predicted octanol–water partition coefficient (Wildman–Crippen LogP) is 2.13. The van der Waals surface area contributed by atoms with Crippen LogP contribution in [0.25, 0.3) is 0 Å². The van der Waals surface area contributed by atoms with Crippen molar-refractivity contribution in [1.82, 2.24) is 10.2 Å². The number of rotatable bonds is 13. The standard InChI is InChI=1S/C28H44N2O7S/c1-6-7-15-37-20-10-8-19(9-11-20)17-30-14-16-38-18-21(27(30)35)29-26(34)25(36-5)24(33)23(32)22(31)12-13-28(2,3)4/h8-13,21-25,31-33H,6-7,14-18H2,1-5H3,(H,29,34)/t21?,22-,23+,24-,25-/m1/s1. The van der Waals surface area contributed by atoms with Crippen LogP contribution in [-0.4, -0.2) is 94.3 Å². The molecule has 1 unspecified atom stereocenters. The highest BCUT2D eigenvalue weighted by molar-refractivity contribution is 7.99. The van der Waals surface area contributed by atoms with Crippen LogP contribution in [0.5, 0.6) is 5.75 Å². The lowest BCUT2D eigenvalue weighted by Crippen LogP contribution is -2.56. The largest absolute Gasteiger partial charge is 0.494 e. The molecular formula is C28H44N2O7S. The molecule has 38 heavy (non-hydrogen) atoms. The van der Waals surface area contributed by atoms with Crippen LogP contribution in [-0.2, 0) is 20.9 Å². The van der Waals surface area contributed by atoms with Crippen LogP contribution in [0.15, 0.2) is 36.4 Å². The maximum absolute atomic E-state index is 13.3. The number of carbonyl (C=O) groups is 2. The fourth-order valence-corrected chi connectivity index (χ4v) is 4.80. The predicted molar refractivity (Wildman–Crippen MR) is 149 cm³/mol. The number of hydrogen-bond donors (Lipinski definition) is 4. The molecule has 0 aliphatic carbocycles. The average molecular weight is 553 g/mol. The molecule has 0 bridgehead atoms. The number of hydrogen-bond acceptors (Lipinski definition) is 8.